The minimum atomic E-state index is -0.373. The van der Waals surface area contributed by atoms with Crippen LogP contribution in [0.25, 0.3) is 0 Å². The number of ether oxygens (including phenoxy) is 1. The van der Waals surface area contributed by atoms with Crippen molar-refractivity contribution in [2.24, 2.45) is 0 Å². The highest BCUT2D eigenvalue weighted by Crippen LogP contribution is 2.18. The van der Waals surface area contributed by atoms with Gasteiger partial charge in [-0.2, -0.15) is 0 Å². The van der Waals surface area contributed by atoms with Gasteiger partial charge in [0, 0.05) is 12.1 Å². The molecule has 0 N–H and O–H groups in total. The smallest absolute Gasteiger partial charge is 0.165 e. The summed E-state index contributed by atoms with van der Waals surface area (Å²) < 4.78 is 20.1. The van der Waals surface area contributed by atoms with Gasteiger partial charge in [0.1, 0.15) is 0 Å². The summed E-state index contributed by atoms with van der Waals surface area (Å²) in [5.41, 5.74) is 1.71. The molecule has 1 aromatic carbocycles. The fourth-order valence-electron chi connectivity index (χ4n) is 1.77. The van der Waals surface area contributed by atoms with Crippen molar-refractivity contribution in [1.29, 1.82) is 0 Å². The average Bonchev–Trinajstić information content (AvgIpc) is 2.84. The van der Waals surface area contributed by atoms with Crippen LogP contribution in [0.5, 0.6) is 5.75 Å². The third-order valence-corrected chi connectivity index (χ3v) is 2.98. The molecule has 1 heterocycles. The second-order valence-corrected chi connectivity index (χ2v) is 4.55. The van der Waals surface area contributed by atoms with E-state index in [0.717, 1.165) is 24.1 Å². The molecule has 0 spiro atoms. The summed E-state index contributed by atoms with van der Waals surface area (Å²) >= 11 is 5.63. The van der Waals surface area contributed by atoms with Gasteiger partial charge in [-0.1, -0.05) is 11.3 Å². The van der Waals surface area contributed by atoms with E-state index in [1.165, 1.54) is 13.2 Å². The summed E-state index contributed by atoms with van der Waals surface area (Å²) in [6.07, 6.45) is 3.53. The van der Waals surface area contributed by atoms with Gasteiger partial charge in [-0.15, -0.1) is 16.7 Å². The Bertz CT molecular complexity index is 544. The molecule has 0 amide bonds. The monoisotopic (exact) mass is 283 g/mol. The Balaban J connectivity index is 2.04. The lowest BCUT2D eigenvalue weighted by Crippen LogP contribution is -2.01. The first-order valence-corrected chi connectivity index (χ1v) is 6.53. The topological polar surface area (TPSA) is 39.9 Å². The van der Waals surface area contributed by atoms with Crippen LogP contribution in [0.15, 0.2) is 24.4 Å². The number of aromatic nitrogens is 3. The second kappa shape index (κ2) is 6.52. The van der Waals surface area contributed by atoms with Crippen LogP contribution in [-0.2, 0) is 13.0 Å². The molecule has 0 bridgehead atoms. The van der Waals surface area contributed by atoms with E-state index < -0.39 is 0 Å². The molecule has 0 atom stereocenters. The number of halogens is 2. The van der Waals surface area contributed by atoms with Crippen LogP contribution < -0.4 is 4.74 Å². The molecule has 0 radical (unpaired) electrons. The summed E-state index contributed by atoms with van der Waals surface area (Å²) in [5.74, 6) is 0.476. The van der Waals surface area contributed by atoms with Gasteiger partial charge in [-0.3, -0.25) is 0 Å². The maximum absolute atomic E-state index is 13.5. The largest absolute Gasteiger partial charge is 0.494 e. The Kier molecular flexibility index (Phi) is 4.74. The van der Waals surface area contributed by atoms with Gasteiger partial charge in [0.05, 0.1) is 19.3 Å². The van der Waals surface area contributed by atoms with E-state index in [4.69, 9.17) is 16.3 Å². The summed E-state index contributed by atoms with van der Waals surface area (Å²) in [7, 11) is 1.44. The highest BCUT2D eigenvalue weighted by molar-refractivity contribution is 6.17. The normalized spacial score (nSPS) is 10.7. The summed E-state index contributed by atoms with van der Waals surface area (Å²) in [4.78, 5) is 0. The van der Waals surface area contributed by atoms with E-state index in [0.29, 0.717) is 12.4 Å². The van der Waals surface area contributed by atoms with Crippen molar-refractivity contribution >= 4 is 11.6 Å². The zero-order valence-electron chi connectivity index (χ0n) is 10.6. The standard InChI is InChI=1S/C13H15ClFN3O/c1-19-13-5-4-10(7-12(13)15)8-18-9-11(16-17-18)3-2-6-14/h4-5,7,9H,2-3,6,8H2,1H3. The minimum absolute atomic E-state index is 0.241. The molecule has 2 rings (SSSR count). The van der Waals surface area contributed by atoms with Crippen LogP contribution in [0, 0.1) is 5.82 Å². The minimum Gasteiger partial charge on any atom is -0.494 e. The summed E-state index contributed by atoms with van der Waals surface area (Å²) in [5, 5.41) is 8.05. The van der Waals surface area contributed by atoms with E-state index >= 15 is 0 Å². The molecule has 1 aromatic heterocycles. The van der Waals surface area contributed by atoms with Crippen molar-refractivity contribution in [3.8, 4) is 5.75 Å². The maximum Gasteiger partial charge on any atom is 0.165 e. The summed E-state index contributed by atoms with van der Waals surface area (Å²) in [6.45, 7) is 0.481. The van der Waals surface area contributed by atoms with Crippen LogP contribution >= 0.6 is 11.6 Å². The molecule has 0 aliphatic carbocycles. The number of hydrogen-bond acceptors (Lipinski definition) is 3. The molecule has 6 heteroatoms. The Morgan fingerprint density at radius 2 is 2.26 bits per heavy atom. The van der Waals surface area contributed by atoms with Gasteiger partial charge in [-0.25, -0.2) is 9.07 Å². The van der Waals surface area contributed by atoms with Crippen molar-refractivity contribution in [2.45, 2.75) is 19.4 Å². The van der Waals surface area contributed by atoms with Crippen molar-refractivity contribution in [1.82, 2.24) is 15.0 Å². The average molecular weight is 284 g/mol. The van der Waals surface area contributed by atoms with Crippen LogP contribution in [0.3, 0.4) is 0 Å². The Morgan fingerprint density at radius 1 is 1.42 bits per heavy atom. The van der Waals surface area contributed by atoms with Crippen molar-refractivity contribution < 1.29 is 9.13 Å². The Hall–Kier alpha value is -1.62. The third-order valence-electron chi connectivity index (χ3n) is 2.71. The molecule has 0 aliphatic heterocycles. The highest BCUT2D eigenvalue weighted by atomic mass is 35.5. The maximum atomic E-state index is 13.5. The van der Waals surface area contributed by atoms with Crippen LogP contribution in [0.2, 0.25) is 0 Å². The van der Waals surface area contributed by atoms with E-state index in [1.807, 2.05) is 12.3 Å². The number of nitrogens with zero attached hydrogens (tertiary/aromatic N) is 3. The number of benzene rings is 1. The molecule has 102 valence electrons. The second-order valence-electron chi connectivity index (χ2n) is 4.17. The number of rotatable bonds is 6. The number of hydrogen-bond donors (Lipinski definition) is 0. The van der Waals surface area contributed by atoms with Crippen LogP contribution in [-0.4, -0.2) is 28.0 Å². The molecule has 0 saturated carbocycles. The molecule has 4 nitrogen and oxygen atoms in total. The lowest BCUT2D eigenvalue weighted by molar-refractivity contribution is 0.386. The Morgan fingerprint density at radius 3 is 2.95 bits per heavy atom. The van der Waals surface area contributed by atoms with Crippen LogP contribution in [0.4, 0.5) is 4.39 Å². The van der Waals surface area contributed by atoms with Crippen molar-refractivity contribution in [2.75, 3.05) is 13.0 Å². The predicted octanol–water partition coefficient (Wildman–Crippen LogP) is 2.65. The zero-order chi connectivity index (χ0) is 13.7. The number of aryl methyl sites for hydroxylation is 1. The first kappa shape index (κ1) is 13.8. The molecule has 2 aromatic rings. The van der Waals surface area contributed by atoms with E-state index in [1.54, 1.807) is 10.7 Å². The van der Waals surface area contributed by atoms with Crippen molar-refractivity contribution in [3.63, 3.8) is 0 Å². The van der Waals surface area contributed by atoms with Crippen LogP contribution in [0.1, 0.15) is 17.7 Å². The molecular formula is C13H15ClFN3O. The molecule has 0 aliphatic rings. The fourth-order valence-corrected chi connectivity index (χ4v) is 1.91. The highest BCUT2D eigenvalue weighted by Gasteiger charge is 2.05. The fraction of sp³-hybridized carbons (Fsp3) is 0.385. The van der Waals surface area contributed by atoms with E-state index in [9.17, 15) is 4.39 Å². The molecule has 0 saturated heterocycles. The SMILES string of the molecule is COc1ccc(Cn2cc(CCCCl)nn2)cc1F. The van der Waals surface area contributed by atoms with Gasteiger partial charge in [0.25, 0.3) is 0 Å². The lowest BCUT2D eigenvalue weighted by Gasteiger charge is -2.04. The molecular weight excluding hydrogens is 269 g/mol. The van der Waals surface area contributed by atoms with Gasteiger partial charge in [0.2, 0.25) is 0 Å². The third kappa shape index (κ3) is 3.67. The first-order valence-electron chi connectivity index (χ1n) is 6.00. The Labute approximate surface area is 116 Å². The van der Waals surface area contributed by atoms with Crippen molar-refractivity contribution in [3.05, 3.63) is 41.5 Å². The molecule has 0 fully saturated rings. The number of methoxy groups -OCH3 is 1. The predicted molar refractivity (Wildman–Crippen MR) is 71.1 cm³/mol. The number of alkyl halides is 1. The van der Waals surface area contributed by atoms with E-state index in [-0.39, 0.29) is 11.6 Å². The molecule has 19 heavy (non-hydrogen) atoms. The van der Waals surface area contributed by atoms with E-state index in [2.05, 4.69) is 10.3 Å². The summed E-state index contributed by atoms with van der Waals surface area (Å²) in [6, 6.07) is 4.86. The molecule has 0 unspecified atom stereocenters. The zero-order valence-corrected chi connectivity index (χ0v) is 11.4. The van der Waals surface area contributed by atoms with Gasteiger partial charge in [0.15, 0.2) is 11.6 Å². The van der Waals surface area contributed by atoms with Gasteiger partial charge >= 0.3 is 0 Å². The van der Waals surface area contributed by atoms with Gasteiger partial charge in [-0.05, 0) is 30.5 Å². The quantitative estimate of drug-likeness (QED) is 0.765. The lowest BCUT2D eigenvalue weighted by atomic mass is 10.2. The van der Waals surface area contributed by atoms with Gasteiger partial charge < -0.3 is 4.74 Å². The first-order chi connectivity index (χ1) is 9.22.